The van der Waals surface area contributed by atoms with Crippen LogP contribution in [0.2, 0.25) is 5.02 Å². The van der Waals surface area contributed by atoms with Crippen molar-refractivity contribution in [3.8, 4) is 0 Å². The average molecular weight is 429 g/mol. The predicted octanol–water partition coefficient (Wildman–Crippen LogP) is 5.20. The first kappa shape index (κ1) is 19.3. The zero-order valence-electron chi connectivity index (χ0n) is 15.2. The number of hydrogen-bond donors (Lipinski definition) is 0. The molecule has 2 aromatic heterocycles. The van der Waals surface area contributed by atoms with Crippen molar-refractivity contribution in [3.05, 3.63) is 91.4 Å². The molecule has 4 rings (SSSR count). The molecule has 0 fully saturated rings. The molecule has 0 spiro atoms. The van der Waals surface area contributed by atoms with Crippen LogP contribution >= 0.6 is 22.9 Å². The van der Waals surface area contributed by atoms with Crippen LogP contribution in [0.15, 0.2) is 63.3 Å². The van der Waals surface area contributed by atoms with Crippen molar-refractivity contribution in [1.29, 1.82) is 0 Å². The molecule has 0 saturated carbocycles. The minimum absolute atomic E-state index is 0.0298. The molecular formula is C21H14ClFN2O3S. The van der Waals surface area contributed by atoms with Gasteiger partial charge in [-0.05, 0) is 36.8 Å². The molecule has 8 heteroatoms. The summed E-state index contributed by atoms with van der Waals surface area (Å²) in [5, 5.41) is 0.884. The Balaban J connectivity index is 1.86. The van der Waals surface area contributed by atoms with E-state index >= 15 is 0 Å². The maximum atomic E-state index is 14.2. The zero-order valence-corrected chi connectivity index (χ0v) is 16.8. The van der Waals surface area contributed by atoms with Crippen LogP contribution in [0, 0.1) is 12.7 Å². The minimum Gasteiger partial charge on any atom is -0.420 e. The molecule has 146 valence electrons. The summed E-state index contributed by atoms with van der Waals surface area (Å²) in [6.07, 6.45) is 0. The van der Waals surface area contributed by atoms with Crippen LogP contribution < -0.4 is 10.5 Å². The van der Waals surface area contributed by atoms with Gasteiger partial charge in [-0.3, -0.25) is 4.79 Å². The molecule has 0 radical (unpaired) electrons. The standard InChI is InChI=1S/C21H14ClFN2O3S/c1-12-20(29-11-24-12)21(27)25(15-5-2-4-14(22)9-15)10-13-8-18(26)28-19-16(13)6-3-7-17(19)23/h2-9,11H,10H2,1H3. The Bertz CT molecular complexity index is 1280. The highest BCUT2D eigenvalue weighted by Crippen LogP contribution is 2.28. The number of rotatable bonds is 4. The fraction of sp³-hybridized carbons (Fsp3) is 0.0952. The molecule has 0 saturated heterocycles. The molecule has 0 atom stereocenters. The Labute approximate surface area is 174 Å². The molecule has 0 bridgehead atoms. The Hall–Kier alpha value is -3.03. The van der Waals surface area contributed by atoms with Gasteiger partial charge in [-0.15, -0.1) is 11.3 Å². The van der Waals surface area contributed by atoms with Crippen LogP contribution in [0.4, 0.5) is 10.1 Å². The van der Waals surface area contributed by atoms with Gasteiger partial charge in [0.25, 0.3) is 5.91 Å². The maximum Gasteiger partial charge on any atom is 0.336 e. The molecule has 0 aliphatic rings. The van der Waals surface area contributed by atoms with E-state index in [0.29, 0.717) is 32.2 Å². The van der Waals surface area contributed by atoms with Crippen molar-refractivity contribution < 1.29 is 13.6 Å². The summed E-state index contributed by atoms with van der Waals surface area (Å²) in [4.78, 5) is 31.4. The van der Waals surface area contributed by atoms with Gasteiger partial charge in [-0.2, -0.15) is 0 Å². The molecule has 0 N–H and O–H groups in total. The first-order valence-corrected chi connectivity index (χ1v) is 9.88. The van der Waals surface area contributed by atoms with E-state index in [9.17, 15) is 14.0 Å². The van der Waals surface area contributed by atoms with E-state index in [1.807, 2.05) is 0 Å². The Morgan fingerprint density at radius 3 is 2.76 bits per heavy atom. The van der Waals surface area contributed by atoms with Crippen LogP contribution in [0.5, 0.6) is 0 Å². The maximum absolute atomic E-state index is 14.2. The lowest BCUT2D eigenvalue weighted by atomic mass is 10.1. The van der Waals surface area contributed by atoms with Crippen LogP contribution in [-0.2, 0) is 6.54 Å². The third kappa shape index (κ3) is 3.79. The van der Waals surface area contributed by atoms with Crippen molar-refractivity contribution in [1.82, 2.24) is 4.98 Å². The van der Waals surface area contributed by atoms with Gasteiger partial charge < -0.3 is 9.32 Å². The highest BCUT2D eigenvalue weighted by atomic mass is 35.5. The number of halogens is 2. The smallest absolute Gasteiger partial charge is 0.336 e. The van der Waals surface area contributed by atoms with Crippen LogP contribution in [0.1, 0.15) is 20.9 Å². The summed E-state index contributed by atoms with van der Waals surface area (Å²) in [7, 11) is 0. The SMILES string of the molecule is Cc1ncsc1C(=O)N(Cc1cc(=O)oc2c(F)cccc12)c1cccc(Cl)c1. The number of carbonyl (C=O) groups excluding carboxylic acids is 1. The second-order valence-corrected chi connectivity index (χ2v) is 7.64. The monoisotopic (exact) mass is 428 g/mol. The Morgan fingerprint density at radius 2 is 2.03 bits per heavy atom. The molecule has 0 unspecified atom stereocenters. The summed E-state index contributed by atoms with van der Waals surface area (Å²) >= 11 is 7.36. The Morgan fingerprint density at radius 1 is 1.24 bits per heavy atom. The largest absolute Gasteiger partial charge is 0.420 e. The first-order chi connectivity index (χ1) is 13.9. The Kier molecular flexibility index (Phi) is 5.17. The number of para-hydroxylation sites is 1. The van der Waals surface area contributed by atoms with Crippen LogP contribution in [-0.4, -0.2) is 10.9 Å². The van der Waals surface area contributed by atoms with E-state index in [4.69, 9.17) is 16.0 Å². The lowest BCUT2D eigenvalue weighted by Gasteiger charge is -2.23. The van der Waals surface area contributed by atoms with Gasteiger partial charge >= 0.3 is 5.63 Å². The number of hydrogen-bond acceptors (Lipinski definition) is 5. The van der Waals surface area contributed by atoms with Crippen molar-refractivity contribution in [2.45, 2.75) is 13.5 Å². The molecule has 2 heterocycles. The number of carbonyl (C=O) groups is 1. The van der Waals surface area contributed by atoms with Crippen LogP contribution in [0.3, 0.4) is 0 Å². The molecular weight excluding hydrogens is 415 g/mol. The topological polar surface area (TPSA) is 63.4 Å². The van der Waals surface area contributed by atoms with Gasteiger partial charge in [0.05, 0.1) is 17.7 Å². The third-order valence-electron chi connectivity index (χ3n) is 4.44. The molecule has 0 aliphatic carbocycles. The summed E-state index contributed by atoms with van der Waals surface area (Å²) in [6.45, 7) is 1.78. The van der Waals surface area contributed by atoms with E-state index in [1.54, 1.807) is 42.8 Å². The van der Waals surface area contributed by atoms with Gasteiger partial charge in [-0.1, -0.05) is 29.8 Å². The quantitative estimate of drug-likeness (QED) is 0.419. The second kappa shape index (κ2) is 7.77. The van der Waals surface area contributed by atoms with Crippen molar-refractivity contribution in [2.24, 2.45) is 0 Å². The molecule has 29 heavy (non-hydrogen) atoms. The lowest BCUT2D eigenvalue weighted by Crippen LogP contribution is -2.30. The molecule has 2 aromatic carbocycles. The normalized spacial score (nSPS) is 11.0. The molecule has 1 amide bonds. The minimum atomic E-state index is -0.690. The van der Waals surface area contributed by atoms with E-state index in [-0.39, 0.29) is 18.0 Å². The average Bonchev–Trinajstić information content (AvgIpc) is 3.12. The number of amides is 1. The number of fused-ring (bicyclic) bond motifs is 1. The summed E-state index contributed by atoms with van der Waals surface area (Å²) in [5.41, 5.74) is 2.39. The number of aryl methyl sites for hydroxylation is 1. The fourth-order valence-electron chi connectivity index (χ4n) is 3.07. The van der Waals surface area contributed by atoms with Gasteiger partial charge in [-0.25, -0.2) is 14.2 Å². The summed E-state index contributed by atoms with van der Waals surface area (Å²) < 4.78 is 19.2. The molecule has 4 aromatic rings. The first-order valence-electron chi connectivity index (χ1n) is 8.63. The van der Waals surface area contributed by atoms with Gasteiger partial charge in [0.2, 0.25) is 0 Å². The van der Waals surface area contributed by atoms with Crippen LogP contribution in [0.25, 0.3) is 11.0 Å². The predicted molar refractivity (Wildman–Crippen MR) is 111 cm³/mol. The third-order valence-corrected chi connectivity index (χ3v) is 5.59. The second-order valence-electron chi connectivity index (χ2n) is 6.35. The van der Waals surface area contributed by atoms with Gasteiger partial charge in [0, 0.05) is 22.2 Å². The molecule has 5 nitrogen and oxygen atoms in total. The number of anilines is 1. The number of aromatic nitrogens is 1. The van der Waals surface area contributed by atoms with E-state index < -0.39 is 11.4 Å². The zero-order chi connectivity index (χ0) is 20.5. The van der Waals surface area contributed by atoms with E-state index in [0.717, 1.165) is 0 Å². The van der Waals surface area contributed by atoms with Gasteiger partial charge in [0.15, 0.2) is 11.4 Å². The van der Waals surface area contributed by atoms with Crippen molar-refractivity contribution in [2.75, 3.05) is 4.90 Å². The van der Waals surface area contributed by atoms with E-state index in [1.165, 1.54) is 34.4 Å². The summed E-state index contributed by atoms with van der Waals surface area (Å²) in [6, 6.07) is 12.5. The highest BCUT2D eigenvalue weighted by molar-refractivity contribution is 7.12. The summed E-state index contributed by atoms with van der Waals surface area (Å²) in [5.74, 6) is -0.926. The highest BCUT2D eigenvalue weighted by Gasteiger charge is 2.23. The van der Waals surface area contributed by atoms with Crippen molar-refractivity contribution >= 4 is 45.5 Å². The molecule has 0 aliphatic heterocycles. The van der Waals surface area contributed by atoms with E-state index in [2.05, 4.69) is 4.98 Å². The van der Waals surface area contributed by atoms with Gasteiger partial charge in [0.1, 0.15) is 4.88 Å². The number of thiazole rings is 1. The number of benzene rings is 2. The number of nitrogens with zero attached hydrogens (tertiary/aromatic N) is 2. The lowest BCUT2D eigenvalue weighted by molar-refractivity contribution is 0.0988. The van der Waals surface area contributed by atoms with Crippen molar-refractivity contribution in [3.63, 3.8) is 0 Å². The fourth-order valence-corrected chi connectivity index (χ4v) is 4.01.